The van der Waals surface area contributed by atoms with Gasteiger partial charge < -0.3 is 10.2 Å². The van der Waals surface area contributed by atoms with Gasteiger partial charge in [0.15, 0.2) is 0 Å². The van der Waals surface area contributed by atoms with Crippen molar-refractivity contribution in [2.45, 2.75) is 20.3 Å². The summed E-state index contributed by atoms with van der Waals surface area (Å²) in [4.78, 5) is 0. The molecule has 0 saturated heterocycles. The highest BCUT2D eigenvalue weighted by atomic mass is 16.3. The zero-order chi connectivity index (χ0) is 7.56. The standard InChI is InChI=1S/C8H13NO/c1-6-5-7(2)10-8(6)3-4-9/h5H,3-4,9H2,1-2H3. The lowest BCUT2D eigenvalue weighted by Crippen LogP contribution is -2.02. The summed E-state index contributed by atoms with van der Waals surface area (Å²) < 4.78 is 5.37. The van der Waals surface area contributed by atoms with E-state index in [1.165, 1.54) is 5.56 Å². The Bertz CT molecular complexity index is 215. The Labute approximate surface area is 61.0 Å². The molecular weight excluding hydrogens is 126 g/mol. The molecule has 0 saturated carbocycles. The Morgan fingerprint density at radius 1 is 1.50 bits per heavy atom. The lowest BCUT2D eigenvalue weighted by atomic mass is 10.2. The highest BCUT2D eigenvalue weighted by Crippen LogP contribution is 2.13. The second-order valence-electron chi connectivity index (χ2n) is 2.50. The first-order valence-corrected chi connectivity index (χ1v) is 3.50. The monoisotopic (exact) mass is 139 g/mol. The summed E-state index contributed by atoms with van der Waals surface area (Å²) in [5, 5.41) is 0. The SMILES string of the molecule is Cc1cc(C)c(CCN)o1. The molecule has 0 fully saturated rings. The van der Waals surface area contributed by atoms with Gasteiger partial charge in [-0.1, -0.05) is 0 Å². The summed E-state index contributed by atoms with van der Waals surface area (Å²) in [6.45, 7) is 4.66. The van der Waals surface area contributed by atoms with Crippen LogP contribution in [0.2, 0.25) is 0 Å². The summed E-state index contributed by atoms with van der Waals surface area (Å²) >= 11 is 0. The van der Waals surface area contributed by atoms with Crippen molar-refractivity contribution in [1.82, 2.24) is 0 Å². The number of furan rings is 1. The molecular formula is C8H13NO. The Morgan fingerprint density at radius 2 is 2.20 bits per heavy atom. The van der Waals surface area contributed by atoms with Gasteiger partial charge in [0.05, 0.1) is 0 Å². The molecule has 0 aliphatic carbocycles. The van der Waals surface area contributed by atoms with Crippen LogP contribution in [-0.4, -0.2) is 6.54 Å². The van der Waals surface area contributed by atoms with Gasteiger partial charge in [-0.3, -0.25) is 0 Å². The molecule has 1 rings (SSSR count). The van der Waals surface area contributed by atoms with Crippen molar-refractivity contribution >= 4 is 0 Å². The maximum absolute atomic E-state index is 5.38. The molecule has 0 spiro atoms. The van der Waals surface area contributed by atoms with Crippen molar-refractivity contribution in [3.63, 3.8) is 0 Å². The normalized spacial score (nSPS) is 10.3. The number of aryl methyl sites for hydroxylation is 2. The predicted molar refractivity (Wildman–Crippen MR) is 40.9 cm³/mol. The van der Waals surface area contributed by atoms with E-state index in [1.54, 1.807) is 0 Å². The number of hydrogen-bond donors (Lipinski definition) is 1. The molecule has 0 unspecified atom stereocenters. The summed E-state index contributed by atoms with van der Waals surface area (Å²) in [6, 6.07) is 2.03. The van der Waals surface area contributed by atoms with Gasteiger partial charge in [0.2, 0.25) is 0 Å². The molecule has 10 heavy (non-hydrogen) atoms. The van der Waals surface area contributed by atoms with E-state index in [2.05, 4.69) is 0 Å². The fourth-order valence-corrected chi connectivity index (χ4v) is 1.07. The van der Waals surface area contributed by atoms with Crippen LogP contribution < -0.4 is 5.73 Å². The van der Waals surface area contributed by atoms with E-state index in [9.17, 15) is 0 Å². The van der Waals surface area contributed by atoms with Gasteiger partial charge >= 0.3 is 0 Å². The first kappa shape index (κ1) is 7.35. The van der Waals surface area contributed by atoms with Gasteiger partial charge in [-0.05, 0) is 32.0 Å². The number of nitrogens with two attached hydrogens (primary N) is 1. The highest BCUT2D eigenvalue weighted by Gasteiger charge is 2.01. The van der Waals surface area contributed by atoms with Crippen LogP contribution in [0.4, 0.5) is 0 Å². The van der Waals surface area contributed by atoms with Crippen molar-refractivity contribution in [1.29, 1.82) is 0 Å². The van der Waals surface area contributed by atoms with Gasteiger partial charge in [0, 0.05) is 6.42 Å². The minimum Gasteiger partial charge on any atom is -0.466 e. The van der Waals surface area contributed by atoms with E-state index in [1.807, 2.05) is 19.9 Å². The van der Waals surface area contributed by atoms with Crippen molar-refractivity contribution < 1.29 is 4.42 Å². The topological polar surface area (TPSA) is 39.2 Å². The molecule has 0 aliphatic heterocycles. The maximum Gasteiger partial charge on any atom is 0.108 e. The van der Waals surface area contributed by atoms with E-state index < -0.39 is 0 Å². The zero-order valence-electron chi connectivity index (χ0n) is 6.48. The van der Waals surface area contributed by atoms with Crippen LogP contribution >= 0.6 is 0 Å². The lowest BCUT2D eigenvalue weighted by molar-refractivity contribution is 0.482. The molecule has 2 N–H and O–H groups in total. The Morgan fingerprint density at radius 3 is 2.60 bits per heavy atom. The van der Waals surface area contributed by atoms with Crippen LogP contribution in [0.25, 0.3) is 0 Å². The van der Waals surface area contributed by atoms with Crippen LogP contribution in [0.15, 0.2) is 10.5 Å². The highest BCUT2D eigenvalue weighted by molar-refractivity contribution is 5.19. The number of hydrogen-bond acceptors (Lipinski definition) is 2. The molecule has 1 heterocycles. The summed E-state index contributed by atoms with van der Waals surface area (Å²) in [6.07, 6.45) is 0.847. The van der Waals surface area contributed by atoms with Crippen molar-refractivity contribution in [2.75, 3.05) is 6.54 Å². The molecule has 2 heteroatoms. The minimum absolute atomic E-state index is 0.661. The fraction of sp³-hybridized carbons (Fsp3) is 0.500. The minimum atomic E-state index is 0.661. The van der Waals surface area contributed by atoms with Crippen molar-refractivity contribution in [2.24, 2.45) is 5.73 Å². The summed E-state index contributed by atoms with van der Waals surface area (Å²) in [5.74, 6) is 2.00. The van der Waals surface area contributed by atoms with Gasteiger partial charge in [0.25, 0.3) is 0 Å². The summed E-state index contributed by atoms with van der Waals surface area (Å²) in [5.41, 5.74) is 6.59. The Hall–Kier alpha value is -0.760. The van der Waals surface area contributed by atoms with Gasteiger partial charge in [-0.25, -0.2) is 0 Å². The van der Waals surface area contributed by atoms with E-state index in [0.29, 0.717) is 6.54 Å². The molecule has 0 aliphatic rings. The average Bonchev–Trinajstić information content (AvgIpc) is 2.13. The van der Waals surface area contributed by atoms with E-state index >= 15 is 0 Å². The predicted octanol–water partition coefficient (Wildman–Crippen LogP) is 1.40. The fourth-order valence-electron chi connectivity index (χ4n) is 1.07. The summed E-state index contributed by atoms with van der Waals surface area (Å²) in [7, 11) is 0. The van der Waals surface area contributed by atoms with Crippen molar-refractivity contribution in [3.05, 3.63) is 23.2 Å². The third-order valence-electron chi connectivity index (χ3n) is 1.52. The maximum atomic E-state index is 5.38. The molecule has 56 valence electrons. The molecule has 1 aromatic rings. The lowest BCUT2D eigenvalue weighted by Gasteiger charge is -1.92. The average molecular weight is 139 g/mol. The van der Waals surface area contributed by atoms with E-state index in [0.717, 1.165) is 17.9 Å². The molecule has 0 atom stereocenters. The third-order valence-corrected chi connectivity index (χ3v) is 1.52. The second-order valence-corrected chi connectivity index (χ2v) is 2.50. The van der Waals surface area contributed by atoms with Gasteiger partial charge in [0.1, 0.15) is 11.5 Å². The largest absolute Gasteiger partial charge is 0.466 e. The molecule has 0 radical (unpaired) electrons. The molecule has 0 aromatic carbocycles. The quantitative estimate of drug-likeness (QED) is 0.672. The van der Waals surface area contributed by atoms with Crippen molar-refractivity contribution in [3.8, 4) is 0 Å². The van der Waals surface area contributed by atoms with E-state index in [4.69, 9.17) is 10.2 Å². The van der Waals surface area contributed by atoms with Crippen LogP contribution in [0.5, 0.6) is 0 Å². The first-order chi connectivity index (χ1) is 4.74. The van der Waals surface area contributed by atoms with Crippen LogP contribution in [0.1, 0.15) is 17.1 Å². The van der Waals surface area contributed by atoms with Crippen LogP contribution in [0, 0.1) is 13.8 Å². The second kappa shape index (κ2) is 2.88. The molecule has 0 bridgehead atoms. The molecule has 1 aromatic heterocycles. The molecule has 2 nitrogen and oxygen atoms in total. The van der Waals surface area contributed by atoms with Crippen LogP contribution in [-0.2, 0) is 6.42 Å². The molecule has 0 amide bonds. The van der Waals surface area contributed by atoms with Crippen LogP contribution in [0.3, 0.4) is 0 Å². The third kappa shape index (κ3) is 1.39. The smallest absolute Gasteiger partial charge is 0.108 e. The first-order valence-electron chi connectivity index (χ1n) is 3.50. The number of rotatable bonds is 2. The Balaban J connectivity index is 2.81. The van der Waals surface area contributed by atoms with E-state index in [-0.39, 0.29) is 0 Å². The van der Waals surface area contributed by atoms with Gasteiger partial charge in [-0.2, -0.15) is 0 Å². The van der Waals surface area contributed by atoms with Gasteiger partial charge in [-0.15, -0.1) is 0 Å². The Kier molecular flexibility index (Phi) is 2.12. The zero-order valence-corrected chi connectivity index (χ0v) is 6.48.